The van der Waals surface area contributed by atoms with Gasteiger partial charge in [-0.2, -0.15) is 0 Å². The molecule has 0 aliphatic carbocycles. The van der Waals surface area contributed by atoms with Gasteiger partial charge in [0.1, 0.15) is 9.84 Å². The van der Waals surface area contributed by atoms with Crippen molar-refractivity contribution in [2.75, 3.05) is 11.5 Å². The number of carboxylic acids is 1. The van der Waals surface area contributed by atoms with Gasteiger partial charge in [0.2, 0.25) is 0 Å². The third kappa shape index (κ3) is 2.92. The van der Waals surface area contributed by atoms with Gasteiger partial charge < -0.3 is 10.8 Å². The molecule has 0 aromatic carbocycles. The summed E-state index contributed by atoms with van der Waals surface area (Å²) >= 11 is 0. The Labute approximate surface area is 89.6 Å². The summed E-state index contributed by atoms with van der Waals surface area (Å²) in [4.78, 5) is 10.7. The molecule has 5 nitrogen and oxygen atoms in total. The molecule has 6 heteroatoms. The van der Waals surface area contributed by atoms with Crippen molar-refractivity contribution in [2.24, 2.45) is 11.1 Å². The monoisotopic (exact) mass is 235 g/mol. The molecule has 0 aromatic rings. The Morgan fingerprint density at radius 3 is 2.27 bits per heavy atom. The Balaban J connectivity index is 2.82. The average Bonchev–Trinajstić information content (AvgIpc) is 2.08. The van der Waals surface area contributed by atoms with Crippen LogP contribution in [-0.4, -0.2) is 37.0 Å². The number of rotatable bonds is 3. The molecule has 0 bridgehead atoms. The highest BCUT2D eigenvalue weighted by atomic mass is 32.2. The lowest BCUT2D eigenvalue weighted by Crippen LogP contribution is -2.46. The van der Waals surface area contributed by atoms with Gasteiger partial charge in [-0.05, 0) is 25.2 Å². The second kappa shape index (κ2) is 4.09. The first-order chi connectivity index (χ1) is 6.77. The summed E-state index contributed by atoms with van der Waals surface area (Å²) in [5.41, 5.74) is 5.24. The van der Waals surface area contributed by atoms with Crippen LogP contribution >= 0.6 is 0 Å². The number of hydrogen-bond donors (Lipinski definition) is 2. The summed E-state index contributed by atoms with van der Waals surface area (Å²) in [5, 5.41) is 8.80. The maximum Gasteiger partial charge on any atom is 0.303 e. The van der Waals surface area contributed by atoms with Gasteiger partial charge in [-0.3, -0.25) is 4.79 Å². The van der Waals surface area contributed by atoms with E-state index in [1.54, 1.807) is 6.92 Å². The van der Waals surface area contributed by atoms with E-state index in [1.165, 1.54) is 0 Å². The van der Waals surface area contributed by atoms with Crippen LogP contribution in [0.25, 0.3) is 0 Å². The van der Waals surface area contributed by atoms with Crippen molar-refractivity contribution in [3.05, 3.63) is 0 Å². The second-order valence-corrected chi connectivity index (χ2v) is 6.68. The molecule has 0 aromatic heterocycles. The summed E-state index contributed by atoms with van der Waals surface area (Å²) in [7, 11) is -2.97. The van der Waals surface area contributed by atoms with Crippen LogP contribution in [0.5, 0.6) is 0 Å². The van der Waals surface area contributed by atoms with E-state index in [0.717, 1.165) is 0 Å². The lowest BCUT2D eigenvalue weighted by atomic mass is 9.73. The summed E-state index contributed by atoms with van der Waals surface area (Å²) in [6, 6.07) is -0.288. The third-order valence-electron chi connectivity index (χ3n) is 3.29. The molecule has 1 unspecified atom stereocenters. The number of sulfone groups is 1. The Morgan fingerprint density at radius 1 is 1.47 bits per heavy atom. The summed E-state index contributed by atoms with van der Waals surface area (Å²) in [6.07, 6.45) is 0.679. The first-order valence-electron chi connectivity index (χ1n) is 4.95. The fourth-order valence-corrected chi connectivity index (χ4v) is 3.68. The van der Waals surface area contributed by atoms with E-state index in [9.17, 15) is 13.2 Å². The van der Waals surface area contributed by atoms with Crippen LogP contribution in [0, 0.1) is 5.41 Å². The smallest absolute Gasteiger partial charge is 0.303 e. The van der Waals surface area contributed by atoms with Crippen LogP contribution < -0.4 is 5.73 Å². The van der Waals surface area contributed by atoms with E-state index in [1.807, 2.05) is 0 Å². The van der Waals surface area contributed by atoms with Crippen LogP contribution in [-0.2, 0) is 14.6 Å². The van der Waals surface area contributed by atoms with Gasteiger partial charge in [-0.25, -0.2) is 8.42 Å². The molecule has 0 radical (unpaired) electrons. The molecule has 0 spiro atoms. The van der Waals surface area contributed by atoms with E-state index in [4.69, 9.17) is 10.8 Å². The molecule has 1 saturated heterocycles. The van der Waals surface area contributed by atoms with Crippen LogP contribution in [0.2, 0.25) is 0 Å². The van der Waals surface area contributed by atoms with Gasteiger partial charge in [0.05, 0.1) is 17.9 Å². The molecule has 1 aliphatic heterocycles. The van der Waals surface area contributed by atoms with E-state index >= 15 is 0 Å². The van der Waals surface area contributed by atoms with E-state index < -0.39 is 21.2 Å². The predicted molar refractivity (Wildman–Crippen MR) is 56.2 cm³/mol. The van der Waals surface area contributed by atoms with Crippen molar-refractivity contribution in [3.8, 4) is 0 Å². The Morgan fingerprint density at radius 2 is 1.93 bits per heavy atom. The molecule has 1 fully saturated rings. The van der Waals surface area contributed by atoms with E-state index in [-0.39, 0.29) is 24.0 Å². The minimum absolute atomic E-state index is 0.0415. The summed E-state index contributed by atoms with van der Waals surface area (Å²) in [5.74, 6) is -0.796. The van der Waals surface area contributed by atoms with Crippen LogP contribution in [0.3, 0.4) is 0 Å². The minimum atomic E-state index is -2.97. The summed E-state index contributed by atoms with van der Waals surface area (Å²) < 4.78 is 22.5. The minimum Gasteiger partial charge on any atom is -0.481 e. The second-order valence-electron chi connectivity index (χ2n) is 4.37. The van der Waals surface area contributed by atoms with Crippen molar-refractivity contribution in [1.82, 2.24) is 0 Å². The van der Waals surface area contributed by atoms with Gasteiger partial charge in [0.15, 0.2) is 0 Å². The lowest BCUT2D eigenvalue weighted by molar-refractivity contribution is -0.140. The number of nitrogens with two attached hydrogens (primary N) is 1. The van der Waals surface area contributed by atoms with Gasteiger partial charge in [0.25, 0.3) is 0 Å². The normalized spacial score (nSPS) is 25.7. The van der Waals surface area contributed by atoms with Gasteiger partial charge in [-0.1, -0.05) is 0 Å². The zero-order valence-electron chi connectivity index (χ0n) is 8.77. The fourth-order valence-electron chi connectivity index (χ4n) is 2.04. The molecular formula is C9H17NO4S. The molecule has 1 rings (SSSR count). The van der Waals surface area contributed by atoms with Crippen molar-refractivity contribution < 1.29 is 18.3 Å². The third-order valence-corrected chi connectivity index (χ3v) is 4.94. The molecule has 3 N–H and O–H groups in total. The van der Waals surface area contributed by atoms with Crippen LogP contribution in [0.15, 0.2) is 0 Å². The number of hydrogen-bond acceptors (Lipinski definition) is 4. The Hall–Kier alpha value is -0.620. The highest BCUT2D eigenvalue weighted by molar-refractivity contribution is 7.91. The highest BCUT2D eigenvalue weighted by Crippen LogP contribution is 2.38. The van der Waals surface area contributed by atoms with Crippen molar-refractivity contribution in [3.63, 3.8) is 0 Å². The van der Waals surface area contributed by atoms with Crippen LogP contribution in [0.4, 0.5) is 0 Å². The largest absolute Gasteiger partial charge is 0.481 e. The van der Waals surface area contributed by atoms with Crippen molar-refractivity contribution in [2.45, 2.75) is 32.2 Å². The molecule has 88 valence electrons. The van der Waals surface area contributed by atoms with Gasteiger partial charge in [-0.15, -0.1) is 0 Å². The number of carboxylic acid groups (broad SMARTS) is 1. The molecular weight excluding hydrogens is 218 g/mol. The first-order valence-corrected chi connectivity index (χ1v) is 6.77. The maximum atomic E-state index is 11.3. The topological polar surface area (TPSA) is 97.5 Å². The number of aliphatic carboxylic acids is 1. The molecule has 15 heavy (non-hydrogen) atoms. The zero-order valence-corrected chi connectivity index (χ0v) is 9.59. The predicted octanol–water partition coefficient (Wildman–Crippen LogP) is 0.00330. The van der Waals surface area contributed by atoms with Gasteiger partial charge >= 0.3 is 5.97 Å². The summed E-state index contributed by atoms with van der Waals surface area (Å²) in [6.45, 7) is 1.75. The van der Waals surface area contributed by atoms with E-state index in [0.29, 0.717) is 12.8 Å². The molecule has 1 aliphatic rings. The maximum absolute atomic E-state index is 11.3. The lowest BCUT2D eigenvalue weighted by Gasteiger charge is -2.39. The molecule has 0 saturated carbocycles. The molecule has 1 atom stereocenters. The standard InChI is InChI=1S/C9H17NO4S/c1-7(10)9(6-8(11)12)2-4-15(13,14)5-3-9/h7H,2-6,10H2,1H3,(H,11,12). The fraction of sp³-hybridized carbons (Fsp3) is 0.889. The average molecular weight is 235 g/mol. The van der Waals surface area contributed by atoms with Crippen molar-refractivity contribution in [1.29, 1.82) is 0 Å². The van der Waals surface area contributed by atoms with Crippen molar-refractivity contribution >= 4 is 15.8 Å². The zero-order chi connectivity index (χ0) is 11.7. The Kier molecular flexibility index (Phi) is 3.40. The first kappa shape index (κ1) is 12.4. The molecule has 0 amide bonds. The highest BCUT2D eigenvalue weighted by Gasteiger charge is 2.41. The van der Waals surface area contributed by atoms with E-state index in [2.05, 4.69) is 0 Å². The van der Waals surface area contributed by atoms with Crippen LogP contribution in [0.1, 0.15) is 26.2 Å². The molecule has 1 heterocycles. The van der Waals surface area contributed by atoms with Gasteiger partial charge in [0, 0.05) is 6.04 Å². The number of carbonyl (C=O) groups is 1. The quantitative estimate of drug-likeness (QED) is 0.717. The Bertz CT molecular complexity index is 333. The SMILES string of the molecule is CC(N)C1(CC(=O)O)CCS(=O)(=O)CC1.